The average Bonchev–Trinajstić information content (AvgIpc) is 1.82. The zero-order valence-electron chi connectivity index (χ0n) is 5.55. The second kappa shape index (κ2) is 4.13. The van der Waals surface area contributed by atoms with Gasteiger partial charge in [0, 0.05) is 0 Å². The molecule has 0 aromatic rings. The molecule has 1 unspecified atom stereocenters. The standard InChI is InChI=1S/C4H5Cl3N2O3/c5-4(6,7)9-3(12)1(10)2(8)11/h1,10H,(H2,8,11)(H,9,12). The van der Waals surface area contributed by atoms with E-state index in [2.05, 4.69) is 5.73 Å². The monoisotopic (exact) mass is 234 g/mol. The van der Waals surface area contributed by atoms with Crippen LogP contribution in [0, 0.1) is 0 Å². The molecule has 2 amide bonds. The normalized spacial score (nSPS) is 13.7. The quantitative estimate of drug-likeness (QED) is 0.335. The molecule has 8 heteroatoms. The van der Waals surface area contributed by atoms with Gasteiger partial charge in [-0.3, -0.25) is 9.59 Å². The number of rotatable bonds is 2. The number of nitrogens with two attached hydrogens (primary N) is 1. The lowest BCUT2D eigenvalue weighted by molar-refractivity contribution is -0.139. The van der Waals surface area contributed by atoms with Gasteiger partial charge in [0.15, 0.2) is 0 Å². The van der Waals surface area contributed by atoms with Gasteiger partial charge < -0.3 is 16.2 Å². The van der Waals surface area contributed by atoms with Gasteiger partial charge in [0.2, 0.25) is 6.10 Å². The zero-order chi connectivity index (χ0) is 9.94. The van der Waals surface area contributed by atoms with Gasteiger partial charge in [-0.1, -0.05) is 34.8 Å². The van der Waals surface area contributed by atoms with Crippen molar-refractivity contribution in [3.8, 4) is 0 Å². The van der Waals surface area contributed by atoms with Crippen LogP contribution in [-0.4, -0.2) is 26.9 Å². The third-order valence-corrected chi connectivity index (χ3v) is 1.07. The molecule has 5 nitrogen and oxygen atoms in total. The molecule has 0 bridgehead atoms. The molecular formula is C4H5Cl3N2O3. The second-order valence-corrected chi connectivity index (χ2v) is 4.07. The Morgan fingerprint density at radius 3 is 2.08 bits per heavy atom. The largest absolute Gasteiger partial charge is 0.375 e. The maximum Gasteiger partial charge on any atom is 0.267 e. The van der Waals surface area contributed by atoms with E-state index in [1.54, 1.807) is 5.32 Å². The van der Waals surface area contributed by atoms with Gasteiger partial charge in [0.25, 0.3) is 15.7 Å². The minimum Gasteiger partial charge on any atom is -0.375 e. The summed E-state index contributed by atoms with van der Waals surface area (Å²) in [5.41, 5.74) is 4.58. The van der Waals surface area contributed by atoms with Crippen molar-refractivity contribution in [1.29, 1.82) is 0 Å². The molecule has 0 aliphatic carbocycles. The number of halogens is 3. The number of alkyl halides is 3. The number of hydrogen-bond acceptors (Lipinski definition) is 3. The van der Waals surface area contributed by atoms with Crippen LogP contribution in [0.3, 0.4) is 0 Å². The summed E-state index contributed by atoms with van der Waals surface area (Å²) in [6.45, 7) is 0. The summed E-state index contributed by atoms with van der Waals surface area (Å²) < 4.78 is -2.06. The molecule has 1 atom stereocenters. The number of nitrogens with one attached hydrogen (secondary N) is 1. The van der Waals surface area contributed by atoms with Gasteiger partial charge in [0.1, 0.15) is 0 Å². The summed E-state index contributed by atoms with van der Waals surface area (Å²) in [6.07, 6.45) is -2.01. The highest BCUT2D eigenvalue weighted by Crippen LogP contribution is 2.21. The highest BCUT2D eigenvalue weighted by Gasteiger charge is 2.29. The molecule has 12 heavy (non-hydrogen) atoms. The van der Waals surface area contributed by atoms with Crippen molar-refractivity contribution in [1.82, 2.24) is 5.32 Å². The van der Waals surface area contributed by atoms with Crippen molar-refractivity contribution >= 4 is 46.6 Å². The van der Waals surface area contributed by atoms with Crippen LogP contribution in [0.1, 0.15) is 0 Å². The van der Waals surface area contributed by atoms with Gasteiger partial charge >= 0.3 is 0 Å². The Balaban J connectivity index is 4.15. The van der Waals surface area contributed by atoms with Crippen LogP contribution < -0.4 is 11.1 Å². The lowest BCUT2D eigenvalue weighted by Crippen LogP contribution is -2.47. The van der Waals surface area contributed by atoms with Gasteiger partial charge in [0.05, 0.1) is 0 Å². The smallest absolute Gasteiger partial charge is 0.267 e. The molecule has 0 saturated heterocycles. The molecule has 0 aromatic heterocycles. The first-order valence-corrected chi connectivity index (χ1v) is 3.73. The number of hydrogen-bond donors (Lipinski definition) is 3. The van der Waals surface area contributed by atoms with E-state index in [0.29, 0.717) is 0 Å². The Bertz CT molecular complexity index is 202. The molecule has 0 fully saturated rings. The lowest BCUT2D eigenvalue weighted by Gasteiger charge is -2.14. The van der Waals surface area contributed by atoms with Crippen LogP contribution in [-0.2, 0) is 9.59 Å². The summed E-state index contributed by atoms with van der Waals surface area (Å²) in [6, 6.07) is 0. The molecule has 0 saturated carbocycles. The molecule has 0 aliphatic heterocycles. The van der Waals surface area contributed by atoms with Gasteiger partial charge in [-0.25, -0.2) is 0 Å². The first-order chi connectivity index (χ1) is 5.24. The topological polar surface area (TPSA) is 92.4 Å². The number of amides is 2. The van der Waals surface area contributed by atoms with Gasteiger partial charge in [-0.2, -0.15) is 0 Å². The summed E-state index contributed by atoms with van der Waals surface area (Å²) in [7, 11) is 0. The van der Waals surface area contributed by atoms with Crippen LogP contribution in [0.15, 0.2) is 0 Å². The molecular weight excluding hydrogens is 230 g/mol. The summed E-state index contributed by atoms with van der Waals surface area (Å²) in [5, 5.41) is 10.4. The fraction of sp³-hybridized carbons (Fsp3) is 0.500. The summed E-state index contributed by atoms with van der Waals surface area (Å²) >= 11 is 15.3. The Morgan fingerprint density at radius 1 is 1.42 bits per heavy atom. The molecule has 0 heterocycles. The molecule has 0 spiro atoms. The van der Waals surface area contributed by atoms with Crippen molar-refractivity contribution < 1.29 is 14.7 Å². The molecule has 70 valence electrons. The minimum absolute atomic E-state index is 1.16. The molecule has 0 rings (SSSR count). The maximum atomic E-state index is 10.7. The molecule has 0 aliphatic rings. The molecule has 0 aromatic carbocycles. The summed E-state index contributed by atoms with van der Waals surface area (Å²) in [4.78, 5) is 20.9. The van der Waals surface area contributed by atoms with Crippen LogP contribution in [0.4, 0.5) is 0 Å². The highest BCUT2D eigenvalue weighted by molar-refractivity contribution is 6.67. The van der Waals surface area contributed by atoms with E-state index >= 15 is 0 Å². The van der Waals surface area contributed by atoms with Crippen LogP contribution >= 0.6 is 34.8 Å². The molecule has 4 N–H and O–H groups in total. The van der Waals surface area contributed by atoms with Crippen molar-refractivity contribution in [2.24, 2.45) is 5.73 Å². The van der Waals surface area contributed by atoms with E-state index in [1.165, 1.54) is 0 Å². The number of aliphatic hydroxyl groups excluding tert-OH is 1. The number of carbonyl (C=O) groups excluding carboxylic acids is 2. The van der Waals surface area contributed by atoms with Gasteiger partial charge in [-0.05, 0) is 0 Å². The van der Waals surface area contributed by atoms with E-state index in [1.807, 2.05) is 0 Å². The van der Waals surface area contributed by atoms with Crippen LogP contribution in [0.2, 0.25) is 0 Å². The van der Waals surface area contributed by atoms with E-state index < -0.39 is 21.8 Å². The second-order valence-electron chi connectivity index (χ2n) is 1.79. The Kier molecular flexibility index (Phi) is 4.05. The third-order valence-electron chi connectivity index (χ3n) is 0.783. The maximum absolute atomic E-state index is 10.7. The summed E-state index contributed by atoms with van der Waals surface area (Å²) in [5.74, 6) is -2.38. The van der Waals surface area contributed by atoms with E-state index in [-0.39, 0.29) is 0 Å². The lowest BCUT2D eigenvalue weighted by atomic mass is 10.3. The van der Waals surface area contributed by atoms with E-state index in [9.17, 15) is 9.59 Å². The van der Waals surface area contributed by atoms with Crippen molar-refractivity contribution in [3.63, 3.8) is 0 Å². The van der Waals surface area contributed by atoms with Crippen molar-refractivity contribution in [2.45, 2.75) is 10.0 Å². The fourth-order valence-electron chi connectivity index (χ4n) is 0.337. The minimum atomic E-state index is -2.06. The number of aliphatic hydroxyl groups is 1. The van der Waals surface area contributed by atoms with Crippen molar-refractivity contribution in [3.05, 3.63) is 0 Å². The Morgan fingerprint density at radius 2 is 1.83 bits per heavy atom. The Hall–Kier alpha value is -0.230. The van der Waals surface area contributed by atoms with Crippen LogP contribution in [0.5, 0.6) is 0 Å². The highest BCUT2D eigenvalue weighted by atomic mass is 35.6. The van der Waals surface area contributed by atoms with E-state index in [4.69, 9.17) is 39.9 Å². The number of carbonyl (C=O) groups is 2. The van der Waals surface area contributed by atoms with Gasteiger partial charge in [-0.15, -0.1) is 0 Å². The van der Waals surface area contributed by atoms with Crippen molar-refractivity contribution in [2.75, 3.05) is 0 Å². The molecule has 0 radical (unpaired) electrons. The van der Waals surface area contributed by atoms with E-state index in [0.717, 1.165) is 0 Å². The number of primary amides is 1. The first kappa shape index (κ1) is 11.8. The fourth-order valence-corrected chi connectivity index (χ4v) is 0.617. The predicted octanol–water partition coefficient (Wildman–Crippen LogP) is -0.723. The average molecular weight is 235 g/mol. The van der Waals surface area contributed by atoms with Crippen LogP contribution in [0.25, 0.3) is 0 Å². The Labute approximate surface area is 82.8 Å². The first-order valence-electron chi connectivity index (χ1n) is 2.60. The SMILES string of the molecule is NC(=O)C(O)C(=O)NC(Cl)(Cl)Cl. The third kappa shape index (κ3) is 4.61. The predicted molar refractivity (Wildman–Crippen MR) is 43.6 cm³/mol. The zero-order valence-corrected chi connectivity index (χ0v) is 7.82.